The lowest BCUT2D eigenvalue weighted by atomic mass is 10.4. The van der Waals surface area contributed by atoms with E-state index >= 15 is 0 Å². The van der Waals surface area contributed by atoms with E-state index < -0.39 is 0 Å². The molecular formula is C7H13N3O3. The van der Waals surface area contributed by atoms with Gasteiger partial charge in [0.05, 0.1) is 7.11 Å². The SMILES string of the molecule is CON(C)C(=O)N1CCNC(=O)C1. The number of nitrogens with one attached hydrogen (secondary N) is 1. The third-order valence-electron chi connectivity index (χ3n) is 1.85. The van der Waals surface area contributed by atoms with Gasteiger partial charge in [-0.3, -0.25) is 9.63 Å². The molecule has 1 aliphatic rings. The number of hydrogen-bond donors (Lipinski definition) is 1. The number of piperazine rings is 1. The maximum absolute atomic E-state index is 11.4. The van der Waals surface area contributed by atoms with Gasteiger partial charge in [-0.15, -0.1) is 0 Å². The smallest absolute Gasteiger partial charge is 0.344 e. The molecule has 1 fully saturated rings. The molecule has 0 aromatic heterocycles. The van der Waals surface area contributed by atoms with Gasteiger partial charge in [-0.25, -0.2) is 9.86 Å². The zero-order valence-electron chi connectivity index (χ0n) is 7.74. The molecule has 0 atom stereocenters. The van der Waals surface area contributed by atoms with Gasteiger partial charge in [0.2, 0.25) is 5.91 Å². The van der Waals surface area contributed by atoms with E-state index in [1.165, 1.54) is 19.1 Å². The lowest BCUT2D eigenvalue weighted by molar-refractivity contribution is -0.125. The number of hydrogen-bond acceptors (Lipinski definition) is 3. The second-order valence-corrected chi connectivity index (χ2v) is 2.73. The second kappa shape index (κ2) is 4.08. The zero-order chi connectivity index (χ0) is 9.84. The topological polar surface area (TPSA) is 61.9 Å². The summed E-state index contributed by atoms with van der Waals surface area (Å²) >= 11 is 0. The molecule has 0 unspecified atom stereocenters. The van der Waals surface area contributed by atoms with Gasteiger partial charge in [0, 0.05) is 20.1 Å². The Kier molecular flexibility index (Phi) is 3.07. The van der Waals surface area contributed by atoms with Crippen molar-refractivity contribution in [1.29, 1.82) is 0 Å². The largest absolute Gasteiger partial charge is 0.353 e. The molecule has 0 aromatic carbocycles. The van der Waals surface area contributed by atoms with Crippen LogP contribution in [0.2, 0.25) is 0 Å². The Morgan fingerprint density at radius 1 is 1.69 bits per heavy atom. The Hall–Kier alpha value is -1.30. The van der Waals surface area contributed by atoms with Crippen molar-refractivity contribution in [2.24, 2.45) is 0 Å². The fourth-order valence-corrected chi connectivity index (χ4v) is 1.08. The van der Waals surface area contributed by atoms with Crippen LogP contribution in [0.5, 0.6) is 0 Å². The van der Waals surface area contributed by atoms with Crippen molar-refractivity contribution < 1.29 is 14.4 Å². The van der Waals surface area contributed by atoms with Crippen molar-refractivity contribution in [3.05, 3.63) is 0 Å². The van der Waals surface area contributed by atoms with E-state index in [1.54, 1.807) is 0 Å². The number of amides is 3. The highest BCUT2D eigenvalue weighted by Gasteiger charge is 2.23. The van der Waals surface area contributed by atoms with Crippen molar-refractivity contribution in [2.75, 3.05) is 33.8 Å². The lowest BCUT2D eigenvalue weighted by Gasteiger charge is -2.29. The van der Waals surface area contributed by atoms with Crippen LogP contribution in [0.4, 0.5) is 4.79 Å². The van der Waals surface area contributed by atoms with Crippen LogP contribution in [0.25, 0.3) is 0 Å². The number of carbonyl (C=O) groups excluding carboxylic acids is 2. The quantitative estimate of drug-likeness (QED) is 0.537. The summed E-state index contributed by atoms with van der Waals surface area (Å²) in [6, 6.07) is -0.294. The molecule has 1 N–H and O–H groups in total. The Bertz CT molecular complexity index is 219. The number of carbonyl (C=O) groups is 2. The fraction of sp³-hybridized carbons (Fsp3) is 0.714. The summed E-state index contributed by atoms with van der Waals surface area (Å²) in [4.78, 5) is 28.5. The van der Waals surface area contributed by atoms with Crippen molar-refractivity contribution in [3.63, 3.8) is 0 Å². The van der Waals surface area contributed by atoms with Crippen LogP contribution in [-0.2, 0) is 9.63 Å². The van der Waals surface area contributed by atoms with Crippen LogP contribution in [-0.4, -0.2) is 55.7 Å². The van der Waals surface area contributed by atoms with E-state index in [-0.39, 0.29) is 18.5 Å². The molecule has 0 radical (unpaired) electrons. The van der Waals surface area contributed by atoms with Gasteiger partial charge < -0.3 is 10.2 Å². The maximum atomic E-state index is 11.4. The molecule has 0 spiro atoms. The summed E-state index contributed by atoms with van der Waals surface area (Å²) in [6.07, 6.45) is 0. The van der Waals surface area contributed by atoms with Crippen LogP contribution >= 0.6 is 0 Å². The predicted molar refractivity (Wildman–Crippen MR) is 44.8 cm³/mol. The molecule has 3 amide bonds. The lowest BCUT2D eigenvalue weighted by Crippen LogP contribution is -2.53. The Morgan fingerprint density at radius 2 is 2.38 bits per heavy atom. The van der Waals surface area contributed by atoms with Crippen LogP contribution in [0.3, 0.4) is 0 Å². The number of urea groups is 1. The van der Waals surface area contributed by atoms with Gasteiger partial charge in [0.1, 0.15) is 6.54 Å². The molecule has 1 rings (SSSR count). The first-order valence-electron chi connectivity index (χ1n) is 3.98. The van der Waals surface area contributed by atoms with Crippen molar-refractivity contribution in [3.8, 4) is 0 Å². The van der Waals surface area contributed by atoms with Gasteiger partial charge in [0.25, 0.3) is 0 Å². The fourth-order valence-electron chi connectivity index (χ4n) is 1.08. The number of hydroxylamine groups is 2. The third-order valence-corrected chi connectivity index (χ3v) is 1.85. The van der Waals surface area contributed by atoms with E-state index in [4.69, 9.17) is 4.84 Å². The van der Waals surface area contributed by atoms with E-state index in [2.05, 4.69) is 5.32 Å². The standard InChI is InChI=1S/C7H13N3O3/c1-9(13-2)7(12)10-4-3-8-6(11)5-10/h3-5H2,1-2H3,(H,8,11). The maximum Gasteiger partial charge on any atom is 0.344 e. The predicted octanol–water partition coefficient (Wildman–Crippen LogP) is -0.969. The average molecular weight is 187 g/mol. The summed E-state index contributed by atoms with van der Waals surface area (Å²) < 4.78 is 0. The molecule has 74 valence electrons. The Labute approximate surface area is 76.4 Å². The number of rotatable bonds is 1. The molecule has 6 nitrogen and oxygen atoms in total. The monoisotopic (exact) mass is 187 g/mol. The molecule has 1 saturated heterocycles. The summed E-state index contributed by atoms with van der Waals surface area (Å²) in [6.45, 7) is 1.13. The van der Waals surface area contributed by atoms with Gasteiger partial charge >= 0.3 is 6.03 Å². The highest BCUT2D eigenvalue weighted by atomic mass is 16.7. The summed E-state index contributed by atoms with van der Waals surface area (Å²) in [7, 11) is 2.91. The summed E-state index contributed by atoms with van der Waals surface area (Å²) in [5.74, 6) is -0.135. The van der Waals surface area contributed by atoms with E-state index in [0.29, 0.717) is 13.1 Å². The van der Waals surface area contributed by atoms with Crippen molar-refractivity contribution in [2.45, 2.75) is 0 Å². The van der Waals surface area contributed by atoms with Gasteiger partial charge in [-0.05, 0) is 0 Å². The first-order chi connectivity index (χ1) is 6.15. The molecular weight excluding hydrogens is 174 g/mol. The van der Waals surface area contributed by atoms with E-state index in [1.807, 2.05) is 0 Å². The average Bonchev–Trinajstić information content (AvgIpc) is 2.15. The molecule has 1 heterocycles. The van der Waals surface area contributed by atoms with Gasteiger partial charge in [-0.2, -0.15) is 0 Å². The molecule has 0 aliphatic carbocycles. The van der Waals surface area contributed by atoms with Crippen LogP contribution in [0.1, 0.15) is 0 Å². The molecule has 0 saturated carbocycles. The molecule has 13 heavy (non-hydrogen) atoms. The second-order valence-electron chi connectivity index (χ2n) is 2.73. The first-order valence-corrected chi connectivity index (χ1v) is 3.98. The molecule has 0 aromatic rings. The van der Waals surface area contributed by atoms with Crippen LogP contribution < -0.4 is 5.32 Å². The normalized spacial score (nSPS) is 16.8. The van der Waals surface area contributed by atoms with Crippen molar-refractivity contribution >= 4 is 11.9 Å². The summed E-state index contributed by atoms with van der Waals surface area (Å²) in [5.41, 5.74) is 0. The minimum atomic E-state index is -0.294. The van der Waals surface area contributed by atoms with Crippen molar-refractivity contribution in [1.82, 2.24) is 15.3 Å². The molecule has 0 bridgehead atoms. The first kappa shape index (κ1) is 9.79. The highest BCUT2D eigenvalue weighted by Crippen LogP contribution is 1.99. The minimum absolute atomic E-state index is 0.104. The Morgan fingerprint density at radius 3 is 2.92 bits per heavy atom. The van der Waals surface area contributed by atoms with E-state index in [9.17, 15) is 9.59 Å². The zero-order valence-corrected chi connectivity index (χ0v) is 7.74. The van der Waals surface area contributed by atoms with Crippen LogP contribution in [0.15, 0.2) is 0 Å². The summed E-state index contributed by atoms with van der Waals surface area (Å²) in [5, 5.41) is 3.73. The van der Waals surface area contributed by atoms with Gasteiger partial charge in [-0.1, -0.05) is 0 Å². The highest BCUT2D eigenvalue weighted by molar-refractivity contribution is 5.84. The minimum Gasteiger partial charge on any atom is -0.353 e. The van der Waals surface area contributed by atoms with E-state index in [0.717, 1.165) is 5.06 Å². The van der Waals surface area contributed by atoms with Crippen LogP contribution in [0, 0.1) is 0 Å². The Balaban J connectivity index is 2.50. The molecule has 6 heteroatoms. The third kappa shape index (κ3) is 2.32. The van der Waals surface area contributed by atoms with Gasteiger partial charge in [0.15, 0.2) is 0 Å². The molecule has 1 aliphatic heterocycles. The number of nitrogens with zero attached hydrogens (tertiary/aromatic N) is 2.